The smallest absolute Gasteiger partial charge is 0.323 e. The number of benzene rings is 2. The zero-order chi connectivity index (χ0) is 21.3. The lowest BCUT2D eigenvalue weighted by molar-refractivity contribution is -0.160. The SMILES string of the molecule is CC(C)(C)OC(=O)C1CCCN1CCc1ccc(-c2cc3ccc(O)cc3s2)cc1. The first-order chi connectivity index (χ1) is 14.3. The third-order valence-electron chi connectivity index (χ3n) is 5.47. The van der Waals surface area contributed by atoms with Crippen LogP contribution in [0.4, 0.5) is 0 Å². The molecule has 1 atom stereocenters. The van der Waals surface area contributed by atoms with Gasteiger partial charge in [-0.1, -0.05) is 24.3 Å². The van der Waals surface area contributed by atoms with Crippen LogP contribution in [0.2, 0.25) is 0 Å². The van der Waals surface area contributed by atoms with Gasteiger partial charge in [0.05, 0.1) is 0 Å². The lowest BCUT2D eigenvalue weighted by Gasteiger charge is -2.27. The van der Waals surface area contributed by atoms with Gasteiger partial charge in [-0.25, -0.2) is 0 Å². The van der Waals surface area contributed by atoms with E-state index in [-0.39, 0.29) is 12.0 Å². The molecular formula is C25H29NO3S. The van der Waals surface area contributed by atoms with Crippen molar-refractivity contribution in [1.82, 2.24) is 4.90 Å². The molecule has 1 unspecified atom stereocenters. The van der Waals surface area contributed by atoms with Crippen molar-refractivity contribution < 1.29 is 14.6 Å². The van der Waals surface area contributed by atoms with E-state index in [2.05, 4.69) is 35.2 Å². The molecule has 1 fully saturated rings. The number of fused-ring (bicyclic) bond motifs is 1. The summed E-state index contributed by atoms with van der Waals surface area (Å²) in [4.78, 5) is 16.0. The highest BCUT2D eigenvalue weighted by atomic mass is 32.1. The minimum Gasteiger partial charge on any atom is -0.508 e. The van der Waals surface area contributed by atoms with Gasteiger partial charge in [0.1, 0.15) is 17.4 Å². The van der Waals surface area contributed by atoms with Crippen molar-refractivity contribution in [3.05, 3.63) is 54.1 Å². The fraction of sp³-hybridized carbons (Fsp3) is 0.400. The van der Waals surface area contributed by atoms with Crippen LogP contribution in [0.1, 0.15) is 39.2 Å². The van der Waals surface area contributed by atoms with Gasteiger partial charge in [-0.2, -0.15) is 0 Å². The number of phenols is 1. The Labute approximate surface area is 182 Å². The minimum atomic E-state index is -0.438. The van der Waals surface area contributed by atoms with Crippen LogP contribution >= 0.6 is 11.3 Å². The summed E-state index contributed by atoms with van der Waals surface area (Å²) in [6.07, 6.45) is 2.85. The molecule has 4 nitrogen and oxygen atoms in total. The molecule has 0 radical (unpaired) electrons. The van der Waals surface area contributed by atoms with E-state index in [4.69, 9.17) is 4.74 Å². The van der Waals surface area contributed by atoms with Crippen molar-refractivity contribution in [3.63, 3.8) is 0 Å². The standard InChI is InChI=1S/C25H29NO3S/c1-25(2,3)29-24(28)21-5-4-13-26(21)14-12-17-6-8-18(9-7-17)22-15-19-10-11-20(27)16-23(19)30-22/h6-11,15-16,21,27H,4-5,12-14H2,1-3H3. The summed E-state index contributed by atoms with van der Waals surface area (Å²) in [6.45, 7) is 7.59. The number of thiophene rings is 1. The number of hydrogen-bond acceptors (Lipinski definition) is 5. The maximum atomic E-state index is 12.5. The first kappa shape index (κ1) is 20.9. The maximum absolute atomic E-state index is 12.5. The summed E-state index contributed by atoms with van der Waals surface area (Å²) < 4.78 is 6.70. The predicted molar refractivity (Wildman–Crippen MR) is 123 cm³/mol. The van der Waals surface area contributed by atoms with E-state index in [0.717, 1.165) is 42.4 Å². The van der Waals surface area contributed by atoms with Crippen LogP contribution in [0, 0.1) is 0 Å². The molecule has 0 saturated carbocycles. The first-order valence-electron chi connectivity index (χ1n) is 10.6. The van der Waals surface area contributed by atoms with Crippen LogP contribution in [0.15, 0.2) is 48.5 Å². The Balaban J connectivity index is 1.39. The number of ether oxygens (including phenoxy) is 1. The Bertz CT molecular complexity index is 1030. The number of aromatic hydroxyl groups is 1. The third-order valence-corrected chi connectivity index (χ3v) is 6.62. The summed E-state index contributed by atoms with van der Waals surface area (Å²) in [5.74, 6) is 0.212. The Morgan fingerprint density at radius 1 is 1.17 bits per heavy atom. The number of esters is 1. The van der Waals surface area contributed by atoms with Crippen molar-refractivity contribution in [2.75, 3.05) is 13.1 Å². The fourth-order valence-corrected chi connectivity index (χ4v) is 5.10. The van der Waals surface area contributed by atoms with E-state index in [9.17, 15) is 9.90 Å². The lowest BCUT2D eigenvalue weighted by Crippen LogP contribution is -2.41. The lowest BCUT2D eigenvalue weighted by atomic mass is 10.1. The average Bonchev–Trinajstić information content (AvgIpc) is 3.32. The van der Waals surface area contributed by atoms with E-state index < -0.39 is 5.60 Å². The first-order valence-corrected chi connectivity index (χ1v) is 11.4. The molecule has 30 heavy (non-hydrogen) atoms. The van der Waals surface area contributed by atoms with Crippen LogP contribution in [-0.4, -0.2) is 40.7 Å². The Morgan fingerprint density at radius 2 is 1.93 bits per heavy atom. The normalized spacial score (nSPS) is 17.5. The maximum Gasteiger partial charge on any atom is 0.323 e. The van der Waals surface area contributed by atoms with Gasteiger partial charge in [0, 0.05) is 16.1 Å². The number of hydrogen-bond donors (Lipinski definition) is 1. The van der Waals surface area contributed by atoms with E-state index in [0.29, 0.717) is 5.75 Å². The number of rotatable bonds is 5. The molecule has 0 bridgehead atoms. The van der Waals surface area contributed by atoms with Crippen LogP contribution in [-0.2, 0) is 16.0 Å². The summed E-state index contributed by atoms with van der Waals surface area (Å²) in [5.41, 5.74) is 2.02. The van der Waals surface area contributed by atoms with Gasteiger partial charge in [0.15, 0.2) is 0 Å². The quantitative estimate of drug-likeness (QED) is 0.541. The second-order valence-electron chi connectivity index (χ2n) is 9.01. The zero-order valence-corrected chi connectivity index (χ0v) is 18.7. The molecule has 0 spiro atoms. The van der Waals surface area contributed by atoms with Gasteiger partial charge in [-0.3, -0.25) is 9.69 Å². The molecule has 4 rings (SSSR count). The molecule has 2 aromatic carbocycles. The molecule has 1 saturated heterocycles. The van der Waals surface area contributed by atoms with E-state index in [1.54, 1.807) is 17.4 Å². The van der Waals surface area contributed by atoms with Gasteiger partial charge in [0.25, 0.3) is 0 Å². The summed E-state index contributed by atoms with van der Waals surface area (Å²) in [5, 5.41) is 10.8. The second-order valence-corrected chi connectivity index (χ2v) is 10.1. The number of nitrogens with zero attached hydrogens (tertiary/aromatic N) is 1. The molecule has 0 aliphatic carbocycles. The van der Waals surface area contributed by atoms with Crippen molar-refractivity contribution >= 4 is 27.4 Å². The monoisotopic (exact) mass is 423 g/mol. The highest BCUT2D eigenvalue weighted by Crippen LogP contribution is 2.35. The summed E-state index contributed by atoms with van der Waals surface area (Å²) >= 11 is 1.69. The van der Waals surface area contributed by atoms with Gasteiger partial charge in [-0.15, -0.1) is 11.3 Å². The van der Waals surface area contributed by atoms with Crippen molar-refractivity contribution in [2.45, 2.75) is 51.7 Å². The van der Waals surface area contributed by atoms with Gasteiger partial charge in [-0.05, 0) is 87.4 Å². The van der Waals surface area contributed by atoms with Gasteiger partial charge < -0.3 is 9.84 Å². The summed E-state index contributed by atoms with van der Waals surface area (Å²) in [6, 6.07) is 16.2. The Morgan fingerprint density at radius 3 is 2.67 bits per heavy atom. The highest BCUT2D eigenvalue weighted by molar-refractivity contribution is 7.22. The Hall–Kier alpha value is -2.37. The number of carbonyl (C=O) groups is 1. The van der Waals surface area contributed by atoms with Gasteiger partial charge >= 0.3 is 5.97 Å². The Kier molecular flexibility index (Phi) is 5.85. The van der Waals surface area contributed by atoms with Gasteiger partial charge in [0.2, 0.25) is 0 Å². The minimum absolute atomic E-state index is 0.0915. The topological polar surface area (TPSA) is 49.8 Å². The zero-order valence-electron chi connectivity index (χ0n) is 17.9. The molecule has 5 heteroatoms. The molecular weight excluding hydrogens is 394 g/mol. The molecule has 1 aliphatic heterocycles. The van der Waals surface area contributed by atoms with Crippen LogP contribution in [0.5, 0.6) is 5.75 Å². The molecule has 3 aromatic rings. The van der Waals surface area contributed by atoms with E-state index in [1.165, 1.54) is 16.0 Å². The second kappa shape index (κ2) is 8.40. The molecule has 1 aliphatic rings. The molecule has 158 valence electrons. The van der Waals surface area contributed by atoms with E-state index >= 15 is 0 Å². The molecule has 1 N–H and O–H groups in total. The summed E-state index contributed by atoms with van der Waals surface area (Å²) in [7, 11) is 0. The van der Waals surface area contributed by atoms with Crippen molar-refractivity contribution in [2.24, 2.45) is 0 Å². The van der Waals surface area contributed by atoms with Crippen LogP contribution in [0.3, 0.4) is 0 Å². The fourth-order valence-electron chi connectivity index (χ4n) is 4.00. The van der Waals surface area contributed by atoms with Crippen molar-refractivity contribution in [3.8, 4) is 16.2 Å². The molecule has 0 amide bonds. The third kappa shape index (κ3) is 4.85. The van der Waals surface area contributed by atoms with Crippen molar-refractivity contribution in [1.29, 1.82) is 0 Å². The van der Waals surface area contributed by atoms with E-state index in [1.807, 2.05) is 32.9 Å². The molecule has 2 heterocycles. The van der Waals surface area contributed by atoms with Crippen LogP contribution < -0.4 is 0 Å². The largest absolute Gasteiger partial charge is 0.508 e. The molecule has 1 aromatic heterocycles. The van der Waals surface area contributed by atoms with Crippen LogP contribution in [0.25, 0.3) is 20.5 Å². The number of carbonyl (C=O) groups excluding carboxylic acids is 1. The number of likely N-dealkylation sites (tertiary alicyclic amines) is 1. The predicted octanol–water partition coefficient (Wildman–Crippen LogP) is 5.62. The average molecular weight is 424 g/mol. The highest BCUT2D eigenvalue weighted by Gasteiger charge is 2.33. The number of phenolic OH excluding ortho intramolecular Hbond substituents is 1.